The van der Waals surface area contributed by atoms with Crippen LogP contribution in [0.4, 0.5) is 0 Å². The smallest absolute Gasteiger partial charge is 0.230 e. The van der Waals surface area contributed by atoms with Gasteiger partial charge in [0.15, 0.2) is 0 Å². The molecule has 1 atom stereocenters. The highest BCUT2D eigenvalue weighted by Crippen LogP contribution is 2.40. The standard InChI is InChI=1S/C19H27NO2S/c1-15-6-5-7-16(12-15)19(8-3-2-4-9-19)17(21)20-13-18(22)10-11-23-14-18/h5-7,12,22H,2-4,8-11,13-14H2,1H3,(H,20,21). The van der Waals surface area contributed by atoms with Crippen LogP contribution in [0.15, 0.2) is 24.3 Å². The third kappa shape index (κ3) is 3.58. The van der Waals surface area contributed by atoms with Crippen LogP contribution >= 0.6 is 11.8 Å². The molecule has 2 fully saturated rings. The topological polar surface area (TPSA) is 49.3 Å². The number of aryl methyl sites for hydroxylation is 1. The highest BCUT2D eigenvalue weighted by molar-refractivity contribution is 7.99. The van der Waals surface area contributed by atoms with Crippen molar-refractivity contribution in [3.8, 4) is 0 Å². The number of nitrogens with one attached hydrogen (secondary N) is 1. The normalized spacial score (nSPS) is 26.9. The fourth-order valence-corrected chi connectivity index (χ4v) is 5.19. The number of thioether (sulfide) groups is 1. The van der Waals surface area contributed by atoms with Crippen molar-refractivity contribution in [2.75, 3.05) is 18.1 Å². The lowest BCUT2D eigenvalue weighted by Crippen LogP contribution is -2.51. The van der Waals surface area contributed by atoms with Gasteiger partial charge in [-0.25, -0.2) is 0 Å². The zero-order valence-corrected chi connectivity index (χ0v) is 14.8. The molecule has 23 heavy (non-hydrogen) atoms. The molecular formula is C19H27NO2S. The molecule has 1 aliphatic heterocycles. The number of hydrogen-bond acceptors (Lipinski definition) is 3. The maximum atomic E-state index is 13.1. The van der Waals surface area contributed by atoms with Crippen LogP contribution in [-0.4, -0.2) is 34.7 Å². The first kappa shape index (κ1) is 16.8. The number of amides is 1. The molecule has 2 aliphatic rings. The van der Waals surface area contributed by atoms with Crippen molar-refractivity contribution < 1.29 is 9.90 Å². The molecule has 126 valence electrons. The first-order valence-electron chi connectivity index (χ1n) is 8.70. The fourth-order valence-electron chi connectivity index (χ4n) is 3.89. The van der Waals surface area contributed by atoms with Gasteiger partial charge in [-0.1, -0.05) is 49.1 Å². The Morgan fingerprint density at radius 1 is 1.26 bits per heavy atom. The van der Waals surface area contributed by atoms with Crippen molar-refractivity contribution in [1.29, 1.82) is 0 Å². The Labute approximate surface area is 143 Å². The Balaban J connectivity index is 1.79. The zero-order chi connectivity index (χ0) is 16.3. The molecule has 1 aromatic rings. The van der Waals surface area contributed by atoms with Crippen LogP contribution in [-0.2, 0) is 10.2 Å². The van der Waals surface area contributed by atoms with Gasteiger partial charge in [0.1, 0.15) is 0 Å². The molecule has 3 nitrogen and oxygen atoms in total. The molecule has 1 saturated carbocycles. The van der Waals surface area contributed by atoms with Gasteiger partial charge in [0.2, 0.25) is 5.91 Å². The van der Waals surface area contributed by atoms with Crippen LogP contribution in [0.2, 0.25) is 0 Å². The second-order valence-electron chi connectivity index (χ2n) is 7.22. The third-order valence-corrected chi connectivity index (χ3v) is 6.61. The van der Waals surface area contributed by atoms with E-state index in [2.05, 4.69) is 36.5 Å². The van der Waals surface area contributed by atoms with Crippen molar-refractivity contribution >= 4 is 17.7 Å². The molecule has 4 heteroatoms. The number of hydrogen-bond donors (Lipinski definition) is 2. The Kier molecular flexibility index (Phi) is 5.02. The SMILES string of the molecule is Cc1cccc(C2(C(=O)NCC3(O)CCSC3)CCCCC2)c1. The van der Waals surface area contributed by atoms with Gasteiger partial charge < -0.3 is 10.4 Å². The Hall–Kier alpha value is -1.00. The second-order valence-corrected chi connectivity index (χ2v) is 8.33. The monoisotopic (exact) mass is 333 g/mol. The lowest BCUT2D eigenvalue weighted by atomic mass is 9.68. The minimum absolute atomic E-state index is 0.105. The van der Waals surface area contributed by atoms with E-state index in [-0.39, 0.29) is 5.91 Å². The van der Waals surface area contributed by atoms with Crippen LogP contribution in [0, 0.1) is 6.92 Å². The van der Waals surface area contributed by atoms with Crippen molar-refractivity contribution in [2.24, 2.45) is 0 Å². The quantitative estimate of drug-likeness (QED) is 0.890. The third-order valence-electron chi connectivity index (χ3n) is 5.37. The lowest BCUT2D eigenvalue weighted by Gasteiger charge is -2.37. The van der Waals surface area contributed by atoms with Crippen LogP contribution in [0.3, 0.4) is 0 Å². The van der Waals surface area contributed by atoms with Gasteiger partial charge in [0.05, 0.1) is 11.0 Å². The van der Waals surface area contributed by atoms with E-state index in [4.69, 9.17) is 0 Å². The molecule has 1 aliphatic carbocycles. The van der Waals surface area contributed by atoms with E-state index in [1.807, 2.05) is 0 Å². The van der Waals surface area contributed by atoms with Crippen LogP contribution in [0.1, 0.15) is 49.7 Å². The summed E-state index contributed by atoms with van der Waals surface area (Å²) in [6, 6.07) is 8.38. The Morgan fingerprint density at radius 2 is 2.04 bits per heavy atom. The van der Waals surface area contributed by atoms with Crippen LogP contribution in [0.5, 0.6) is 0 Å². The van der Waals surface area contributed by atoms with E-state index in [1.165, 1.54) is 12.0 Å². The fraction of sp³-hybridized carbons (Fsp3) is 0.632. The summed E-state index contributed by atoms with van der Waals surface area (Å²) in [5.41, 5.74) is 1.21. The maximum Gasteiger partial charge on any atom is 0.230 e. The van der Waals surface area contributed by atoms with Crippen molar-refractivity contribution in [2.45, 2.75) is 56.5 Å². The van der Waals surface area contributed by atoms with Gasteiger partial charge in [-0.3, -0.25) is 4.79 Å². The summed E-state index contributed by atoms with van der Waals surface area (Å²) in [5.74, 6) is 1.81. The highest BCUT2D eigenvalue weighted by Gasteiger charge is 2.42. The minimum atomic E-state index is -0.719. The number of carbonyl (C=O) groups excluding carboxylic acids is 1. The molecule has 1 saturated heterocycles. The first-order valence-corrected chi connectivity index (χ1v) is 9.85. The molecule has 0 aromatic heterocycles. The summed E-state index contributed by atoms with van der Waals surface area (Å²) >= 11 is 1.76. The van der Waals surface area contributed by atoms with Gasteiger partial charge in [0, 0.05) is 12.3 Å². The summed E-state index contributed by atoms with van der Waals surface area (Å²) in [5, 5.41) is 13.6. The molecule has 1 heterocycles. The molecule has 0 radical (unpaired) electrons. The van der Waals surface area contributed by atoms with Crippen molar-refractivity contribution in [3.05, 3.63) is 35.4 Å². The summed E-state index contributed by atoms with van der Waals surface area (Å²) in [6.45, 7) is 2.46. The van der Waals surface area contributed by atoms with Crippen molar-refractivity contribution in [1.82, 2.24) is 5.32 Å². The minimum Gasteiger partial charge on any atom is -0.387 e. The number of carbonyl (C=O) groups is 1. The Bertz CT molecular complexity index is 560. The van der Waals surface area contributed by atoms with E-state index in [1.54, 1.807) is 11.8 Å². The summed E-state index contributed by atoms with van der Waals surface area (Å²) in [7, 11) is 0. The highest BCUT2D eigenvalue weighted by atomic mass is 32.2. The summed E-state index contributed by atoms with van der Waals surface area (Å²) in [6.07, 6.45) is 6.00. The van der Waals surface area contributed by atoms with Crippen LogP contribution < -0.4 is 5.32 Å². The molecule has 2 N–H and O–H groups in total. The largest absolute Gasteiger partial charge is 0.387 e. The maximum absolute atomic E-state index is 13.1. The van der Waals surface area contributed by atoms with E-state index < -0.39 is 11.0 Å². The molecule has 0 bridgehead atoms. The van der Waals surface area contributed by atoms with E-state index >= 15 is 0 Å². The molecule has 1 amide bonds. The summed E-state index contributed by atoms with van der Waals surface area (Å²) in [4.78, 5) is 13.1. The predicted molar refractivity (Wildman–Crippen MR) is 95.8 cm³/mol. The molecular weight excluding hydrogens is 306 g/mol. The predicted octanol–water partition coefficient (Wildman–Crippen LogP) is 3.18. The van der Waals surface area contributed by atoms with E-state index in [0.717, 1.165) is 49.2 Å². The van der Waals surface area contributed by atoms with Gasteiger partial charge in [-0.2, -0.15) is 11.8 Å². The average molecular weight is 333 g/mol. The van der Waals surface area contributed by atoms with E-state index in [0.29, 0.717) is 6.54 Å². The molecule has 0 spiro atoms. The number of aliphatic hydroxyl groups is 1. The molecule has 1 unspecified atom stereocenters. The van der Waals surface area contributed by atoms with Gasteiger partial charge in [-0.05, 0) is 37.5 Å². The molecule has 1 aromatic carbocycles. The zero-order valence-electron chi connectivity index (χ0n) is 13.9. The van der Waals surface area contributed by atoms with E-state index in [9.17, 15) is 9.90 Å². The Morgan fingerprint density at radius 3 is 2.70 bits per heavy atom. The summed E-state index contributed by atoms with van der Waals surface area (Å²) < 4.78 is 0. The number of benzene rings is 1. The first-order chi connectivity index (χ1) is 11.0. The van der Waals surface area contributed by atoms with Gasteiger partial charge >= 0.3 is 0 Å². The lowest BCUT2D eigenvalue weighted by molar-refractivity contribution is -0.129. The average Bonchev–Trinajstić information content (AvgIpc) is 3.00. The second kappa shape index (κ2) is 6.86. The van der Waals surface area contributed by atoms with Crippen LogP contribution in [0.25, 0.3) is 0 Å². The van der Waals surface area contributed by atoms with Gasteiger partial charge in [-0.15, -0.1) is 0 Å². The van der Waals surface area contributed by atoms with Gasteiger partial charge in [0.25, 0.3) is 0 Å². The van der Waals surface area contributed by atoms with Crippen molar-refractivity contribution in [3.63, 3.8) is 0 Å². The number of rotatable bonds is 4. The molecule has 3 rings (SSSR count).